The molecule has 0 N–H and O–H groups in total. The molecule has 0 amide bonds. The van der Waals surface area contributed by atoms with Gasteiger partial charge in [-0.05, 0) is 23.3 Å². The van der Waals surface area contributed by atoms with Gasteiger partial charge in [-0.1, -0.05) is 67.6 Å². The van der Waals surface area contributed by atoms with Gasteiger partial charge in [0.25, 0.3) is 0 Å². The fourth-order valence-corrected chi connectivity index (χ4v) is 2.94. The van der Waals surface area contributed by atoms with E-state index in [0.717, 1.165) is 12.2 Å². The first-order chi connectivity index (χ1) is 8.42. The average molecular weight is 241 g/mol. The van der Waals surface area contributed by atoms with E-state index in [9.17, 15) is 0 Å². The van der Waals surface area contributed by atoms with Gasteiger partial charge in [-0.15, -0.1) is 11.8 Å². The van der Waals surface area contributed by atoms with Crippen molar-refractivity contribution >= 4 is 11.8 Å². The van der Waals surface area contributed by atoms with Crippen LogP contribution in [0.3, 0.4) is 0 Å². The Labute approximate surface area is 108 Å². The lowest BCUT2D eigenvalue weighted by Crippen LogP contribution is -1.97. The zero-order valence-corrected chi connectivity index (χ0v) is 10.7. The molecule has 0 aliphatic rings. The molecule has 0 spiro atoms. The second-order valence-electron chi connectivity index (χ2n) is 3.93. The normalized spacial score (nSPS) is 10.7. The van der Waals surface area contributed by atoms with E-state index in [0.29, 0.717) is 5.25 Å². The Morgan fingerprint density at radius 3 is 1.71 bits per heavy atom. The second-order valence-corrected chi connectivity index (χ2v) is 5.14. The predicted molar refractivity (Wildman–Crippen MR) is 77.2 cm³/mol. The molecule has 0 heterocycles. The molecule has 0 fully saturated rings. The predicted octanol–water partition coefficient (Wildman–Crippen LogP) is 4.73. The third-order valence-corrected chi connectivity index (χ3v) is 4.04. The van der Waals surface area contributed by atoms with Crippen LogP contribution in [-0.4, -0.2) is 5.75 Å². The molecule has 2 aromatic carbocycles. The van der Waals surface area contributed by atoms with Crippen LogP contribution in [0.15, 0.2) is 60.7 Å². The molecule has 2 rings (SSSR count). The Bertz CT molecular complexity index is 382. The van der Waals surface area contributed by atoms with Gasteiger partial charge < -0.3 is 0 Å². The summed E-state index contributed by atoms with van der Waals surface area (Å²) in [7, 11) is 0. The van der Waals surface area contributed by atoms with Crippen molar-refractivity contribution in [2.24, 2.45) is 0 Å². The number of hydrogen-bond acceptors (Lipinski definition) is 1. The highest BCUT2D eigenvalue weighted by atomic mass is 32.2. The van der Waals surface area contributed by atoms with Gasteiger partial charge in [0.05, 0.1) is 5.25 Å². The van der Waals surface area contributed by atoms with Gasteiger partial charge in [0.2, 0.25) is 0 Å². The Balaban J connectivity index is 2.26. The van der Waals surface area contributed by atoms with E-state index >= 15 is 0 Å². The van der Waals surface area contributed by atoms with Crippen LogP contribution in [-0.2, 0) is 0 Å². The highest BCUT2D eigenvalue weighted by Gasteiger charge is 2.13. The average Bonchev–Trinajstić information content (AvgIpc) is 2.42. The van der Waals surface area contributed by atoms with Gasteiger partial charge in [-0.3, -0.25) is 0 Å². The van der Waals surface area contributed by atoms with E-state index in [4.69, 9.17) is 0 Å². The Morgan fingerprint density at radius 2 is 1.29 bits per heavy atom. The highest BCUT2D eigenvalue weighted by molar-refractivity contribution is 7.99. The van der Waals surface area contributed by atoms with Crippen LogP contribution in [0.1, 0.15) is 22.8 Å². The second kappa shape index (κ2) is 6.51. The molecule has 0 aliphatic heterocycles. The Hall–Kier alpha value is -1.21. The van der Waals surface area contributed by atoms with Gasteiger partial charge in [0.15, 0.2) is 0 Å². The summed E-state index contributed by atoms with van der Waals surface area (Å²) in [5.74, 6) is 1.09. The third-order valence-electron chi connectivity index (χ3n) is 2.63. The summed E-state index contributed by atoms with van der Waals surface area (Å²) >= 11 is 1.97. The van der Waals surface area contributed by atoms with Crippen LogP contribution in [0.5, 0.6) is 0 Å². The molecule has 0 aliphatic carbocycles. The summed E-state index contributed by atoms with van der Waals surface area (Å²) < 4.78 is 0. The van der Waals surface area contributed by atoms with Gasteiger partial charge >= 0.3 is 0 Å². The topological polar surface area (TPSA) is 0 Å². The lowest BCUT2D eigenvalue weighted by Gasteiger charge is -2.17. The van der Waals surface area contributed by atoms with Crippen molar-refractivity contribution in [3.05, 3.63) is 78.7 Å². The molecule has 0 saturated heterocycles. The fraction of sp³-hybridized carbons (Fsp3) is 0.188. The van der Waals surface area contributed by atoms with Crippen LogP contribution in [0.2, 0.25) is 0 Å². The molecular weight excluding hydrogens is 224 g/mol. The minimum Gasteiger partial charge on any atom is -0.149 e. The largest absolute Gasteiger partial charge is 0.149 e. The van der Waals surface area contributed by atoms with E-state index in [-0.39, 0.29) is 0 Å². The maximum absolute atomic E-state index is 3.92. The van der Waals surface area contributed by atoms with E-state index in [1.54, 1.807) is 0 Å². The number of hydrogen-bond donors (Lipinski definition) is 0. The first-order valence-corrected chi connectivity index (χ1v) is 6.97. The quantitative estimate of drug-likeness (QED) is 0.729. The SMILES string of the molecule is [CH2]CCSC(c1ccccc1)c1ccccc1. The summed E-state index contributed by atoms with van der Waals surface area (Å²) in [5, 5.41) is 0.430. The Morgan fingerprint density at radius 1 is 0.824 bits per heavy atom. The first kappa shape index (κ1) is 12.3. The summed E-state index contributed by atoms with van der Waals surface area (Å²) in [4.78, 5) is 0. The van der Waals surface area contributed by atoms with Crippen molar-refractivity contribution in [1.82, 2.24) is 0 Å². The summed E-state index contributed by atoms with van der Waals surface area (Å²) in [6, 6.07) is 21.4. The molecule has 1 radical (unpaired) electrons. The molecule has 0 aromatic heterocycles. The van der Waals surface area contributed by atoms with Gasteiger partial charge in [-0.25, -0.2) is 0 Å². The number of benzene rings is 2. The molecule has 17 heavy (non-hydrogen) atoms. The summed E-state index contributed by atoms with van der Waals surface area (Å²) in [5.41, 5.74) is 2.74. The van der Waals surface area contributed by atoms with Gasteiger partial charge in [-0.2, -0.15) is 0 Å². The smallest absolute Gasteiger partial charge is 0.0546 e. The molecule has 0 saturated carbocycles. The molecule has 0 unspecified atom stereocenters. The van der Waals surface area contributed by atoms with Crippen molar-refractivity contribution in [2.75, 3.05) is 5.75 Å². The van der Waals surface area contributed by atoms with Crippen molar-refractivity contribution in [2.45, 2.75) is 11.7 Å². The van der Waals surface area contributed by atoms with Crippen molar-refractivity contribution in [3.63, 3.8) is 0 Å². The maximum atomic E-state index is 3.92. The van der Waals surface area contributed by atoms with Crippen LogP contribution in [0, 0.1) is 6.92 Å². The van der Waals surface area contributed by atoms with E-state index in [1.165, 1.54) is 11.1 Å². The zero-order chi connectivity index (χ0) is 11.9. The lowest BCUT2D eigenvalue weighted by atomic mass is 10.0. The summed E-state index contributed by atoms with van der Waals surface area (Å²) in [6.07, 6.45) is 0.973. The third kappa shape index (κ3) is 3.37. The lowest BCUT2D eigenvalue weighted by molar-refractivity contribution is 1.14. The highest BCUT2D eigenvalue weighted by Crippen LogP contribution is 2.35. The number of thioether (sulfide) groups is 1. The first-order valence-electron chi connectivity index (χ1n) is 5.92. The molecule has 0 atom stereocenters. The summed E-state index contributed by atoms with van der Waals surface area (Å²) in [6.45, 7) is 3.92. The maximum Gasteiger partial charge on any atom is 0.0546 e. The van der Waals surface area contributed by atoms with Crippen LogP contribution >= 0.6 is 11.8 Å². The zero-order valence-electron chi connectivity index (χ0n) is 9.88. The van der Waals surface area contributed by atoms with E-state index < -0.39 is 0 Å². The van der Waals surface area contributed by atoms with Gasteiger partial charge in [0.1, 0.15) is 0 Å². The van der Waals surface area contributed by atoms with E-state index in [1.807, 2.05) is 11.8 Å². The molecule has 0 bridgehead atoms. The molecule has 87 valence electrons. The van der Waals surface area contributed by atoms with Crippen LogP contribution in [0.4, 0.5) is 0 Å². The minimum absolute atomic E-state index is 0.430. The monoisotopic (exact) mass is 241 g/mol. The standard InChI is InChI=1S/C16H17S/c1-2-13-17-16(14-9-5-3-6-10-14)15-11-7-4-8-12-15/h3-12,16H,1-2,13H2. The van der Waals surface area contributed by atoms with E-state index in [2.05, 4.69) is 67.6 Å². The molecular formula is C16H17S. The minimum atomic E-state index is 0.430. The molecule has 0 nitrogen and oxygen atoms in total. The van der Waals surface area contributed by atoms with Crippen molar-refractivity contribution < 1.29 is 0 Å². The number of rotatable bonds is 5. The van der Waals surface area contributed by atoms with Crippen molar-refractivity contribution in [1.29, 1.82) is 0 Å². The Kier molecular flexibility index (Phi) is 4.69. The van der Waals surface area contributed by atoms with Crippen LogP contribution < -0.4 is 0 Å². The molecule has 1 heteroatoms. The van der Waals surface area contributed by atoms with Gasteiger partial charge in [0, 0.05) is 0 Å². The van der Waals surface area contributed by atoms with Crippen LogP contribution in [0.25, 0.3) is 0 Å². The van der Waals surface area contributed by atoms with Crippen molar-refractivity contribution in [3.8, 4) is 0 Å². The fourth-order valence-electron chi connectivity index (χ4n) is 1.84. The molecule has 2 aromatic rings.